The van der Waals surface area contributed by atoms with Crippen molar-refractivity contribution in [3.05, 3.63) is 24.3 Å². The van der Waals surface area contributed by atoms with Crippen molar-refractivity contribution in [3.63, 3.8) is 0 Å². The molecule has 0 aliphatic heterocycles. The van der Waals surface area contributed by atoms with Crippen molar-refractivity contribution in [1.29, 1.82) is 0 Å². The van der Waals surface area contributed by atoms with E-state index in [9.17, 15) is 5.11 Å². The van der Waals surface area contributed by atoms with E-state index in [-0.39, 0.29) is 0 Å². The van der Waals surface area contributed by atoms with Gasteiger partial charge in [-0.1, -0.05) is 12.1 Å². The summed E-state index contributed by atoms with van der Waals surface area (Å²) in [5.74, 6) is 0.998. The van der Waals surface area contributed by atoms with Gasteiger partial charge in [-0.2, -0.15) is 0 Å². The molecule has 5 heteroatoms. The van der Waals surface area contributed by atoms with Crippen molar-refractivity contribution < 1.29 is 9.84 Å². The molecular formula is C13H19N3O2. The minimum atomic E-state index is -0.646. The Bertz CT molecular complexity index is 442. The molecule has 0 amide bonds. The summed E-state index contributed by atoms with van der Waals surface area (Å²) in [5, 5.41) is 12.9. The molecule has 0 atom stereocenters. The van der Waals surface area contributed by atoms with Crippen LogP contribution in [0.4, 0.5) is 5.69 Å². The number of hydrogen-bond donors (Lipinski definition) is 3. The molecule has 1 aliphatic rings. The number of anilines is 1. The Morgan fingerprint density at radius 1 is 1.50 bits per heavy atom. The van der Waals surface area contributed by atoms with Crippen LogP contribution in [0.3, 0.4) is 0 Å². The molecule has 0 bridgehead atoms. The van der Waals surface area contributed by atoms with E-state index >= 15 is 0 Å². The molecule has 5 nitrogen and oxygen atoms in total. The van der Waals surface area contributed by atoms with Gasteiger partial charge >= 0.3 is 0 Å². The normalized spacial score (nSPS) is 18.0. The van der Waals surface area contributed by atoms with E-state index in [1.807, 2.05) is 24.3 Å². The second kappa shape index (κ2) is 5.27. The summed E-state index contributed by atoms with van der Waals surface area (Å²) < 4.78 is 5.20. The van der Waals surface area contributed by atoms with Gasteiger partial charge in [-0.05, 0) is 31.4 Å². The van der Waals surface area contributed by atoms with Crippen LogP contribution in [-0.2, 0) is 0 Å². The maximum absolute atomic E-state index is 9.91. The lowest BCUT2D eigenvalue weighted by Crippen LogP contribution is -2.41. The summed E-state index contributed by atoms with van der Waals surface area (Å²) >= 11 is 0. The Hall–Kier alpha value is -1.75. The van der Waals surface area contributed by atoms with Crippen molar-refractivity contribution in [2.75, 3.05) is 19.0 Å². The van der Waals surface area contributed by atoms with E-state index in [0.29, 0.717) is 18.3 Å². The molecule has 2 rings (SSSR count). The minimum absolute atomic E-state index is 0.292. The second-order valence-corrected chi connectivity index (χ2v) is 4.60. The number of ether oxygens (including phenoxy) is 1. The molecule has 1 saturated carbocycles. The van der Waals surface area contributed by atoms with Crippen molar-refractivity contribution in [2.24, 2.45) is 10.7 Å². The Kier molecular flexibility index (Phi) is 3.72. The van der Waals surface area contributed by atoms with Gasteiger partial charge in [-0.3, -0.25) is 4.99 Å². The molecule has 1 aliphatic carbocycles. The average Bonchev–Trinajstić information content (AvgIpc) is 2.35. The number of benzene rings is 1. The van der Waals surface area contributed by atoms with E-state index in [1.54, 1.807) is 7.11 Å². The van der Waals surface area contributed by atoms with Gasteiger partial charge in [0.1, 0.15) is 5.75 Å². The summed E-state index contributed by atoms with van der Waals surface area (Å²) in [6.07, 6.45) is 2.67. The number of aliphatic imine (C=N–C) groups is 1. The van der Waals surface area contributed by atoms with Crippen LogP contribution in [0.5, 0.6) is 5.75 Å². The topological polar surface area (TPSA) is 79.9 Å². The highest BCUT2D eigenvalue weighted by atomic mass is 16.5. The highest BCUT2D eigenvalue weighted by Gasteiger charge is 2.33. The number of aliphatic hydroxyl groups is 1. The number of nitrogens with zero attached hydrogens (tertiary/aromatic N) is 1. The van der Waals surface area contributed by atoms with Crippen LogP contribution >= 0.6 is 0 Å². The Balaban J connectivity index is 1.97. The van der Waals surface area contributed by atoms with Crippen LogP contribution in [0, 0.1) is 0 Å². The highest BCUT2D eigenvalue weighted by Crippen LogP contribution is 2.31. The van der Waals surface area contributed by atoms with Crippen molar-refractivity contribution in [2.45, 2.75) is 24.9 Å². The number of guanidine groups is 1. The fraction of sp³-hybridized carbons (Fsp3) is 0.462. The molecular weight excluding hydrogens is 230 g/mol. The first-order valence-corrected chi connectivity index (χ1v) is 6.05. The van der Waals surface area contributed by atoms with Crippen LogP contribution in [-0.4, -0.2) is 30.3 Å². The lowest BCUT2D eigenvalue weighted by atomic mass is 9.80. The predicted molar refractivity (Wildman–Crippen MR) is 71.9 cm³/mol. The molecule has 1 fully saturated rings. The van der Waals surface area contributed by atoms with E-state index in [0.717, 1.165) is 24.9 Å². The molecule has 0 saturated heterocycles. The van der Waals surface area contributed by atoms with Crippen LogP contribution in [0.2, 0.25) is 0 Å². The highest BCUT2D eigenvalue weighted by molar-refractivity contribution is 5.93. The third-order valence-electron chi connectivity index (χ3n) is 3.20. The second-order valence-electron chi connectivity index (χ2n) is 4.60. The van der Waals surface area contributed by atoms with Gasteiger partial charge in [0.25, 0.3) is 0 Å². The maximum Gasteiger partial charge on any atom is 0.193 e. The summed E-state index contributed by atoms with van der Waals surface area (Å²) in [4.78, 5) is 4.17. The lowest BCUT2D eigenvalue weighted by molar-refractivity contribution is -0.0235. The lowest BCUT2D eigenvalue weighted by Gasteiger charge is -2.34. The predicted octanol–water partition coefficient (Wildman–Crippen LogP) is 1.34. The summed E-state index contributed by atoms with van der Waals surface area (Å²) in [7, 11) is 1.60. The molecule has 0 aromatic heterocycles. The third kappa shape index (κ3) is 2.92. The smallest absolute Gasteiger partial charge is 0.193 e. The Morgan fingerprint density at radius 3 is 2.83 bits per heavy atom. The van der Waals surface area contributed by atoms with Gasteiger partial charge in [0.15, 0.2) is 5.96 Å². The summed E-state index contributed by atoms with van der Waals surface area (Å²) in [6, 6.07) is 7.47. The first-order chi connectivity index (χ1) is 8.63. The number of methoxy groups -OCH3 is 1. The van der Waals surface area contributed by atoms with Crippen LogP contribution < -0.4 is 15.8 Å². The van der Waals surface area contributed by atoms with Gasteiger partial charge in [-0.25, -0.2) is 0 Å². The average molecular weight is 249 g/mol. The molecule has 0 unspecified atom stereocenters. The largest absolute Gasteiger partial charge is 0.495 e. The number of nitrogens with one attached hydrogen (secondary N) is 1. The minimum Gasteiger partial charge on any atom is -0.495 e. The Labute approximate surface area is 107 Å². The zero-order valence-corrected chi connectivity index (χ0v) is 10.5. The summed E-state index contributed by atoms with van der Waals surface area (Å²) in [5.41, 5.74) is 5.91. The first kappa shape index (κ1) is 12.7. The number of nitrogens with two attached hydrogens (primary N) is 1. The van der Waals surface area contributed by atoms with E-state index in [1.165, 1.54) is 0 Å². The molecule has 1 aromatic rings. The number of rotatable bonds is 4. The molecule has 0 heterocycles. The molecule has 0 radical (unpaired) electrons. The van der Waals surface area contributed by atoms with Gasteiger partial charge in [0, 0.05) is 0 Å². The van der Waals surface area contributed by atoms with Crippen LogP contribution in [0.25, 0.3) is 0 Å². The zero-order chi connectivity index (χ0) is 13.0. The van der Waals surface area contributed by atoms with Crippen molar-refractivity contribution in [1.82, 2.24) is 0 Å². The van der Waals surface area contributed by atoms with Gasteiger partial charge < -0.3 is 20.9 Å². The maximum atomic E-state index is 9.91. The quantitative estimate of drug-likeness (QED) is 0.555. The third-order valence-corrected chi connectivity index (χ3v) is 3.20. The van der Waals surface area contributed by atoms with E-state index < -0.39 is 5.60 Å². The Morgan fingerprint density at radius 2 is 2.22 bits per heavy atom. The number of hydrogen-bond acceptors (Lipinski definition) is 3. The van der Waals surface area contributed by atoms with Crippen LogP contribution in [0.15, 0.2) is 29.3 Å². The standard InChI is InChI=1S/C13H19N3O2/c1-18-11-6-3-2-5-10(11)16-12(14)15-9-13(17)7-4-8-13/h2-3,5-6,17H,4,7-9H2,1H3,(H3,14,15,16). The number of para-hydroxylation sites is 2. The van der Waals surface area contributed by atoms with Crippen molar-refractivity contribution in [3.8, 4) is 5.75 Å². The van der Waals surface area contributed by atoms with Gasteiger partial charge in [-0.15, -0.1) is 0 Å². The molecule has 98 valence electrons. The summed E-state index contributed by atoms with van der Waals surface area (Å²) in [6.45, 7) is 0.348. The fourth-order valence-electron chi connectivity index (χ4n) is 1.90. The van der Waals surface area contributed by atoms with E-state index in [2.05, 4.69) is 10.3 Å². The fourth-order valence-corrected chi connectivity index (χ4v) is 1.90. The first-order valence-electron chi connectivity index (χ1n) is 6.05. The molecule has 18 heavy (non-hydrogen) atoms. The van der Waals surface area contributed by atoms with Crippen LogP contribution in [0.1, 0.15) is 19.3 Å². The molecule has 0 spiro atoms. The monoisotopic (exact) mass is 249 g/mol. The zero-order valence-electron chi connectivity index (χ0n) is 10.5. The molecule has 4 N–H and O–H groups in total. The van der Waals surface area contributed by atoms with Crippen molar-refractivity contribution >= 4 is 11.6 Å². The van der Waals surface area contributed by atoms with E-state index in [4.69, 9.17) is 10.5 Å². The van der Waals surface area contributed by atoms with Gasteiger partial charge in [0.05, 0.1) is 24.9 Å². The van der Waals surface area contributed by atoms with Gasteiger partial charge in [0.2, 0.25) is 0 Å². The molecule has 1 aromatic carbocycles. The SMILES string of the molecule is COc1ccccc1NC(N)=NCC1(O)CCC1.